The van der Waals surface area contributed by atoms with Crippen molar-refractivity contribution >= 4 is 24.1 Å². The number of unbranched alkanes of at least 4 members (excludes halogenated alkanes) is 11. The zero-order valence-corrected chi connectivity index (χ0v) is 36.1. The van der Waals surface area contributed by atoms with E-state index in [9.17, 15) is 19.2 Å². The molecule has 1 aromatic carbocycles. The van der Waals surface area contributed by atoms with E-state index < -0.39 is 42.6 Å². The van der Waals surface area contributed by atoms with E-state index >= 15 is 0 Å². The molecule has 4 unspecified atom stereocenters. The summed E-state index contributed by atoms with van der Waals surface area (Å²) in [5, 5.41) is 2.72. The number of rotatable bonds is 26. The van der Waals surface area contributed by atoms with E-state index in [1.165, 1.54) is 81.8 Å². The van der Waals surface area contributed by atoms with E-state index in [1.807, 2.05) is 42.8 Å². The number of amides is 3. The third-order valence-electron chi connectivity index (χ3n) is 10.7. The standard InChI is InChI=1S/C45H70N4O9/c1-7-11-12-13-14-15-16-17-18-19-20-21-28-36(26-8-2)56-43(51)40-42(55-6)49(33-32-48(40)41(50)37-29-22-23-30-38(37)54-5)45(53)58-39(9-3)57-44(52)46-34-35-27-24-25-31-47(35)10-4/h22-25,27,29-31,36,39-40,42H,7-21,26,28,32-34H2,1-6H3/p+1. The number of carbonyl (C=O) groups excluding carboxylic acids is 4. The van der Waals surface area contributed by atoms with Crippen LogP contribution in [0.5, 0.6) is 5.75 Å². The topological polar surface area (TPSA) is 137 Å². The molecular formula is C45H71N4O9+. The highest BCUT2D eigenvalue weighted by molar-refractivity contribution is 5.99. The molecule has 3 rings (SSSR count). The zero-order chi connectivity index (χ0) is 42.1. The van der Waals surface area contributed by atoms with Crippen molar-refractivity contribution in [3.8, 4) is 5.75 Å². The van der Waals surface area contributed by atoms with Crippen LogP contribution in [0.4, 0.5) is 9.59 Å². The lowest BCUT2D eigenvalue weighted by Crippen LogP contribution is -2.66. The molecule has 4 atom stereocenters. The summed E-state index contributed by atoms with van der Waals surface area (Å²) in [6, 6.07) is 11.2. The summed E-state index contributed by atoms with van der Waals surface area (Å²) in [7, 11) is 2.84. The number of nitrogens with zero attached hydrogens (tertiary/aromatic N) is 3. The van der Waals surface area contributed by atoms with Crippen LogP contribution in [0.3, 0.4) is 0 Å². The predicted molar refractivity (Wildman–Crippen MR) is 222 cm³/mol. The minimum Gasteiger partial charge on any atom is -0.496 e. The Hall–Kier alpha value is -4.39. The van der Waals surface area contributed by atoms with Crippen LogP contribution in [0, 0.1) is 0 Å². The highest BCUT2D eigenvalue weighted by Crippen LogP contribution is 2.28. The molecule has 324 valence electrons. The van der Waals surface area contributed by atoms with Crippen LogP contribution in [0.1, 0.15) is 146 Å². The van der Waals surface area contributed by atoms with Gasteiger partial charge in [-0.2, -0.15) is 0 Å². The number of pyridine rings is 1. The van der Waals surface area contributed by atoms with E-state index in [-0.39, 0.29) is 37.7 Å². The van der Waals surface area contributed by atoms with Crippen LogP contribution in [-0.2, 0) is 36.8 Å². The smallest absolute Gasteiger partial charge is 0.415 e. The Labute approximate surface area is 347 Å². The van der Waals surface area contributed by atoms with E-state index in [2.05, 4.69) is 12.2 Å². The van der Waals surface area contributed by atoms with Gasteiger partial charge in [0.05, 0.1) is 12.7 Å². The summed E-state index contributed by atoms with van der Waals surface area (Å²) in [6.45, 7) is 8.92. The third kappa shape index (κ3) is 15.4. The first-order chi connectivity index (χ1) is 28.2. The molecule has 1 N–H and O–H groups in total. The van der Waals surface area contributed by atoms with Crippen LogP contribution in [0.2, 0.25) is 0 Å². The van der Waals surface area contributed by atoms with Crippen LogP contribution in [0.15, 0.2) is 48.7 Å². The normalized spacial score (nSPS) is 16.3. The number of ether oxygens (including phenoxy) is 5. The number of nitrogens with one attached hydrogen (secondary N) is 1. The number of methoxy groups -OCH3 is 2. The van der Waals surface area contributed by atoms with Gasteiger partial charge in [0.1, 0.15) is 24.9 Å². The number of alkyl carbamates (subject to hydrolysis) is 1. The second-order valence-electron chi connectivity index (χ2n) is 14.9. The molecule has 1 aliphatic heterocycles. The molecule has 2 aromatic rings. The molecule has 13 nitrogen and oxygen atoms in total. The van der Waals surface area contributed by atoms with Crippen LogP contribution >= 0.6 is 0 Å². The van der Waals surface area contributed by atoms with Gasteiger partial charge in [-0.1, -0.05) is 116 Å². The van der Waals surface area contributed by atoms with Crippen LogP contribution < -0.4 is 14.6 Å². The minimum absolute atomic E-state index is 0.0184. The first-order valence-electron chi connectivity index (χ1n) is 21.8. The van der Waals surface area contributed by atoms with Crippen LogP contribution in [0.25, 0.3) is 0 Å². The second kappa shape index (κ2) is 27.3. The summed E-state index contributed by atoms with van der Waals surface area (Å²) in [6.07, 6.45) is 14.6. The number of hydrogen-bond acceptors (Lipinski definition) is 9. The summed E-state index contributed by atoms with van der Waals surface area (Å²) >= 11 is 0. The fourth-order valence-corrected chi connectivity index (χ4v) is 7.41. The maximum Gasteiger partial charge on any atom is 0.415 e. The van der Waals surface area contributed by atoms with E-state index in [0.29, 0.717) is 18.6 Å². The van der Waals surface area contributed by atoms with E-state index in [1.54, 1.807) is 31.2 Å². The molecule has 13 heteroatoms. The van der Waals surface area contributed by atoms with Crippen molar-refractivity contribution in [2.24, 2.45) is 0 Å². The Balaban J connectivity index is 1.69. The van der Waals surface area contributed by atoms with Gasteiger partial charge in [0, 0.05) is 38.8 Å². The van der Waals surface area contributed by atoms with Gasteiger partial charge >= 0.3 is 18.2 Å². The Kier molecular flexibility index (Phi) is 22.6. The third-order valence-corrected chi connectivity index (χ3v) is 10.7. The van der Waals surface area contributed by atoms with Gasteiger partial charge in [-0.15, -0.1) is 0 Å². The number of esters is 1. The molecular weight excluding hydrogens is 741 g/mol. The number of aryl methyl sites for hydroxylation is 1. The molecule has 0 radical (unpaired) electrons. The Morgan fingerprint density at radius 2 is 1.38 bits per heavy atom. The van der Waals surface area contributed by atoms with Crippen molar-refractivity contribution in [3.63, 3.8) is 0 Å². The Bertz CT molecular complexity index is 1520. The molecule has 0 saturated carbocycles. The van der Waals surface area contributed by atoms with Gasteiger partial charge in [0.2, 0.25) is 5.69 Å². The van der Waals surface area contributed by atoms with Crippen molar-refractivity contribution in [3.05, 3.63) is 59.9 Å². The number of para-hydroxylation sites is 1. The van der Waals surface area contributed by atoms with E-state index in [4.69, 9.17) is 23.7 Å². The largest absolute Gasteiger partial charge is 0.496 e. The van der Waals surface area contributed by atoms with Crippen molar-refractivity contribution < 1.29 is 47.4 Å². The fraction of sp³-hybridized carbons (Fsp3) is 0.667. The minimum atomic E-state index is -1.31. The predicted octanol–water partition coefficient (Wildman–Crippen LogP) is 8.70. The summed E-state index contributed by atoms with van der Waals surface area (Å²) in [4.78, 5) is 57.7. The summed E-state index contributed by atoms with van der Waals surface area (Å²) in [5.41, 5.74) is 1.14. The van der Waals surface area contributed by atoms with Crippen molar-refractivity contribution in [2.75, 3.05) is 27.3 Å². The molecule has 1 saturated heterocycles. The average molecular weight is 812 g/mol. The van der Waals surface area contributed by atoms with Crippen LogP contribution in [-0.4, -0.2) is 85.8 Å². The molecule has 0 spiro atoms. The Morgan fingerprint density at radius 1 is 0.741 bits per heavy atom. The molecule has 1 aliphatic rings. The monoisotopic (exact) mass is 812 g/mol. The number of carbonyl (C=O) groups is 4. The second-order valence-corrected chi connectivity index (χ2v) is 14.9. The molecule has 3 amide bonds. The number of piperazine rings is 1. The van der Waals surface area contributed by atoms with Gasteiger partial charge in [-0.25, -0.2) is 19.0 Å². The van der Waals surface area contributed by atoms with Gasteiger partial charge in [0.25, 0.3) is 12.2 Å². The quantitative estimate of drug-likeness (QED) is 0.0428. The molecule has 0 bridgehead atoms. The van der Waals surface area contributed by atoms with Gasteiger partial charge in [-0.05, 0) is 38.3 Å². The maximum atomic E-state index is 14.3. The lowest BCUT2D eigenvalue weighted by atomic mass is 10.0. The zero-order valence-electron chi connectivity index (χ0n) is 36.1. The summed E-state index contributed by atoms with van der Waals surface area (Å²) < 4.78 is 30.7. The van der Waals surface area contributed by atoms with Crippen molar-refractivity contribution in [1.29, 1.82) is 0 Å². The van der Waals surface area contributed by atoms with E-state index in [0.717, 1.165) is 37.9 Å². The number of hydrogen-bond donors (Lipinski definition) is 1. The lowest BCUT2D eigenvalue weighted by Gasteiger charge is -2.45. The highest BCUT2D eigenvalue weighted by Gasteiger charge is 2.48. The van der Waals surface area contributed by atoms with Gasteiger partial charge < -0.3 is 33.9 Å². The average Bonchev–Trinajstić information content (AvgIpc) is 3.24. The van der Waals surface area contributed by atoms with Crippen molar-refractivity contribution in [1.82, 2.24) is 15.1 Å². The van der Waals surface area contributed by atoms with Crippen molar-refractivity contribution in [2.45, 2.75) is 168 Å². The molecule has 0 aliphatic carbocycles. The summed E-state index contributed by atoms with van der Waals surface area (Å²) in [5.74, 6) is -0.779. The lowest BCUT2D eigenvalue weighted by molar-refractivity contribution is -0.701. The molecule has 1 fully saturated rings. The first kappa shape index (κ1) is 48.0. The van der Waals surface area contributed by atoms with Gasteiger partial charge in [-0.3, -0.25) is 9.69 Å². The Morgan fingerprint density at radius 3 is 2.00 bits per heavy atom. The SMILES string of the molecule is CCCCCCCCCCCCCCC(CCC)OC(=O)C1C(OC)N(C(=O)OC(CC)OC(=O)NCc2cccc[n+]2CC)CCN1C(=O)c1ccccc1OC. The molecule has 2 heterocycles. The van der Waals surface area contributed by atoms with Gasteiger partial charge in [0.15, 0.2) is 18.5 Å². The maximum absolute atomic E-state index is 14.3. The highest BCUT2D eigenvalue weighted by atomic mass is 16.7. The molecule has 1 aromatic heterocycles. The molecule has 58 heavy (non-hydrogen) atoms. The first-order valence-corrected chi connectivity index (χ1v) is 21.8. The fourth-order valence-electron chi connectivity index (χ4n) is 7.41. The number of benzene rings is 1. The number of aromatic nitrogens is 1.